The summed E-state index contributed by atoms with van der Waals surface area (Å²) in [6.45, 7) is 2.98. The Bertz CT molecular complexity index is 448. The third-order valence-electron chi connectivity index (χ3n) is 4.41. The minimum atomic E-state index is -0.132. The largest absolute Gasteiger partial charge is 0.370 e. The maximum atomic E-state index is 6.20. The second-order valence-corrected chi connectivity index (χ2v) is 6.70. The quantitative estimate of drug-likeness (QED) is 0.846. The molecule has 1 aromatic heterocycles. The Morgan fingerprint density at radius 1 is 1.32 bits per heavy atom. The van der Waals surface area contributed by atoms with E-state index in [0.717, 1.165) is 11.6 Å². The van der Waals surface area contributed by atoms with Crippen LogP contribution in [0.3, 0.4) is 0 Å². The van der Waals surface area contributed by atoms with Gasteiger partial charge in [0.25, 0.3) is 0 Å². The summed E-state index contributed by atoms with van der Waals surface area (Å²) in [5.41, 5.74) is 6.06. The van der Waals surface area contributed by atoms with E-state index in [2.05, 4.69) is 21.8 Å². The Hall–Kier alpha value is -1.10. The van der Waals surface area contributed by atoms with E-state index in [1.807, 2.05) is 11.6 Å². The van der Waals surface area contributed by atoms with Gasteiger partial charge >= 0.3 is 0 Å². The Labute approximate surface area is 118 Å². The van der Waals surface area contributed by atoms with Gasteiger partial charge in [0.15, 0.2) is 5.96 Å². The molecule has 0 saturated heterocycles. The highest BCUT2D eigenvalue weighted by molar-refractivity contribution is 7.09. The van der Waals surface area contributed by atoms with Gasteiger partial charge in [-0.05, 0) is 19.8 Å². The molecular weight excluding hydrogens is 256 g/mol. The molecule has 3 rings (SSSR count). The van der Waals surface area contributed by atoms with Gasteiger partial charge in [-0.1, -0.05) is 25.7 Å². The predicted octanol–water partition coefficient (Wildman–Crippen LogP) is 2.71. The van der Waals surface area contributed by atoms with E-state index < -0.39 is 0 Å². The van der Waals surface area contributed by atoms with Crippen molar-refractivity contribution in [3.8, 4) is 0 Å². The highest BCUT2D eigenvalue weighted by atomic mass is 32.1. The molecule has 104 valence electrons. The van der Waals surface area contributed by atoms with Gasteiger partial charge in [-0.25, -0.2) is 4.98 Å². The van der Waals surface area contributed by atoms with Crippen molar-refractivity contribution in [1.82, 2.24) is 9.88 Å². The van der Waals surface area contributed by atoms with Crippen LogP contribution in [0.15, 0.2) is 16.6 Å². The summed E-state index contributed by atoms with van der Waals surface area (Å²) in [5, 5.41) is 3.18. The van der Waals surface area contributed by atoms with Gasteiger partial charge in [-0.15, -0.1) is 11.3 Å². The second kappa shape index (κ2) is 5.12. The van der Waals surface area contributed by atoms with Crippen molar-refractivity contribution in [2.24, 2.45) is 10.7 Å². The molecule has 5 heteroatoms. The summed E-state index contributed by atoms with van der Waals surface area (Å²) in [7, 11) is 0. The summed E-state index contributed by atoms with van der Waals surface area (Å²) in [6.07, 6.45) is 9.68. The van der Waals surface area contributed by atoms with Crippen LogP contribution >= 0.6 is 11.3 Å². The predicted molar refractivity (Wildman–Crippen MR) is 79.3 cm³/mol. The molecule has 1 aromatic rings. The third-order valence-corrected chi connectivity index (χ3v) is 5.44. The maximum absolute atomic E-state index is 6.20. The number of nitrogens with two attached hydrogens (primary N) is 1. The molecule has 1 aliphatic heterocycles. The van der Waals surface area contributed by atoms with Crippen molar-refractivity contribution in [3.63, 3.8) is 0 Å². The van der Waals surface area contributed by atoms with Crippen LogP contribution in [0.1, 0.15) is 50.5 Å². The van der Waals surface area contributed by atoms with E-state index in [-0.39, 0.29) is 5.54 Å². The lowest BCUT2D eigenvalue weighted by Gasteiger charge is -2.40. The first kappa shape index (κ1) is 12.9. The smallest absolute Gasteiger partial charge is 0.192 e. The Balaban J connectivity index is 1.89. The molecule has 0 spiro atoms. The van der Waals surface area contributed by atoms with E-state index in [1.54, 1.807) is 11.3 Å². The highest BCUT2D eigenvalue weighted by Crippen LogP contribution is 2.38. The lowest BCUT2D eigenvalue weighted by atomic mass is 9.97. The number of thiazole rings is 1. The fourth-order valence-electron chi connectivity index (χ4n) is 3.41. The molecule has 4 nitrogen and oxygen atoms in total. The fourth-order valence-corrected chi connectivity index (χ4v) is 4.20. The lowest BCUT2D eigenvalue weighted by molar-refractivity contribution is 0.151. The summed E-state index contributed by atoms with van der Waals surface area (Å²) in [6, 6.07) is 0.530. The van der Waals surface area contributed by atoms with Crippen LogP contribution in [0, 0.1) is 0 Å². The van der Waals surface area contributed by atoms with Crippen molar-refractivity contribution < 1.29 is 0 Å². The molecular formula is C14H22N4S. The molecule has 1 saturated carbocycles. The van der Waals surface area contributed by atoms with E-state index in [0.29, 0.717) is 12.0 Å². The average molecular weight is 278 g/mol. The average Bonchev–Trinajstić information content (AvgIpc) is 2.95. The van der Waals surface area contributed by atoms with Crippen LogP contribution in [0.2, 0.25) is 0 Å². The Kier molecular flexibility index (Phi) is 3.48. The molecule has 0 bridgehead atoms. The number of hydrogen-bond acceptors (Lipinski definition) is 5. The normalized spacial score (nSPS) is 29.3. The molecule has 1 atom stereocenters. The molecule has 2 heterocycles. The number of rotatable bonds is 2. The van der Waals surface area contributed by atoms with Crippen LogP contribution in [-0.2, 0) is 5.54 Å². The fraction of sp³-hybridized carbons (Fsp3) is 0.714. The first-order valence-corrected chi connectivity index (χ1v) is 8.09. The van der Waals surface area contributed by atoms with Crippen LogP contribution < -0.4 is 5.73 Å². The van der Waals surface area contributed by atoms with E-state index in [4.69, 9.17) is 5.73 Å². The number of guanidine groups is 1. The molecule has 2 aliphatic rings. The zero-order chi connectivity index (χ0) is 13.3. The number of aliphatic imine (C=N–C) groups is 1. The van der Waals surface area contributed by atoms with Gasteiger partial charge in [-0.2, -0.15) is 0 Å². The standard InChI is InChI=1S/C14H22N4S/c1-14(12-16-8-9-19-12)10-17-13(15)18(14)11-6-4-2-3-5-7-11/h8-9,11H,2-7,10H2,1H3,(H2,15,17). The first-order chi connectivity index (χ1) is 9.22. The zero-order valence-electron chi connectivity index (χ0n) is 11.5. The van der Waals surface area contributed by atoms with Gasteiger partial charge in [0.05, 0.1) is 6.54 Å². The zero-order valence-corrected chi connectivity index (χ0v) is 12.3. The maximum Gasteiger partial charge on any atom is 0.192 e. The summed E-state index contributed by atoms with van der Waals surface area (Å²) in [5.74, 6) is 0.713. The first-order valence-electron chi connectivity index (χ1n) is 7.21. The summed E-state index contributed by atoms with van der Waals surface area (Å²) < 4.78 is 0. The van der Waals surface area contributed by atoms with Gasteiger partial charge in [0.1, 0.15) is 10.5 Å². The van der Waals surface area contributed by atoms with E-state index >= 15 is 0 Å². The number of aromatic nitrogens is 1. The summed E-state index contributed by atoms with van der Waals surface area (Å²) in [4.78, 5) is 11.4. The van der Waals surface area contributed by atoms with Crippen LogP contribution in [0.5, 0.6) is 0 Å². The molecule has 0 aromatic carbocycles. The van der Waals surface area contributed by atoms with Gasteiger partial charge in [-0.3, -0.25) is 4.99 Å². The van der Waals surface area contributed by atoms with Crippen molar-refractivity contribution >= 4 is 17.3 Å². The van der Waals surface area contributed by atoms with E-state index in [9.17, 15) is 0 Å². The molecule has 1 unspecified atom stereocenters. The van der Waals surface area contributed by atoms with Crippen molar-refractivity contribution in [2.45, 2.75) is 57.0 Å². The van der Waals surface area contributed by atoms with Gasteiger partial charge in [0.2, 0.25) is 0 Å². The van der Waals surface area contributed by atoms with Gasteiger partial charge < -0.3 is 10.6 Å². The third kappa shape index (κ3) is 2.24. The van der Waals surface area contributed by atoms with Gasteiger partial charge in [0, 0.05) is 17.6 Å². The minimum Gasteiger partial charge on any atom is -0.370 e. The molecule has 1 fully saturated rings. The van der Waals surface area contributed by atoms with Crippen molar-refractivity contribution in [3.05, 3.63) is 16.6 Å². The second-order valence-electron chi connectivity index (χ2n) is 5.80. The minimum absolute atomic E-state index is 0.132. The summed E-state index contributed by atoms with van der Waals surface area (Å²) >= 11 is 1.71. The van der Waals surface area contributed by atoms with Crippen molar-refractivity contribution in [2.75, 3.05) is 6.54 Å². The van der Waals surface area contributed by atoms with E-state index in [1.165, 1.54) is 38.5 Å². The number of hydrogen-bond donors (Lipinski definition) is 1. The van der Waals surface area contributed by atoms with Crippen molar-refractivity contribution in [1.29, 1.82) is 0 Å². The van der Waals surface area contributed by atoms with Crippen LogP contribution in [0.4, 0.5) is 0 Å². The molecule has 0 radical (unpaired) electrons. The highest BCUT2D eigenvalue weighted by Gasteiger charge is 2.44. The van der Waals surface area contributed by atoms with Crippen LogP contribution in [-0.4, -0.2) is 28.4 Å². The molecule has 19 heavy (non-hydrogen) atoms. The topological polar surface area (TPSA) is 54.5 Å². The molecule has 1 aliphatic carbocycles. The Morgan fingerprint density at radius 3 is 2.68 bits per heavy atom. The van der Waals surface area contributed by atoms with Crippen LogP contribution in [0.25, 0.3) is 0 Å². The molecule has 2 N–H and O–H groups in total. The monoisotopic (exact) mass is 278 g/mol. The SMILES string of the molecule is CC1(c2nccs2)CN=C(N)N1C1CCCCCC1. The lowest BCUT2D eigenvalue weighted by Crippen LogP contribution is -2.52. The number of nitrogens with zero attached hydrogens (tertiary/aromatic N) is 3. The Morgan fingerprint density at radius 2 is 2.05 bits per heavy atom. The molecule has 0 amide bonds.